The maximum absolute atomic E-state index is 5.47. The number of nitrogens with zero attached hydrogens (tertiary/aromatic N) is 1. The molecule has 0 saturated carbocycles. The molecule has 0 aliphatic carbocycles. The van der Waals surface area contributed by atoms with E-state index in [9.17, 15) is 0 Å². The van der Waals surface area contributed by atoms with Gasteiger partial charge in [0.05, 0.1) is 11.2 Å². The minimum Gasteiger partial charge on any atom is -0.247 e. The SMILES string of the molecule is c1ccc(-c2cc(-c3ccccc3)cc(-c3c4ccccc4c(-c4cc5c(-c6ccc7ccccc7c6)nc6ccccc6c5c5ccccc45)c4ccccc34)c2)cc1. The number of hydrogen-bond donors (Lipinski definition) is 0. The van der Waals surface area contributed by atoms with E-state index in [0.29, 0.717) is 0 Å². The van der Waals surface area contributed by atoms with Crippen molar-refractivity contribution in [2.45, 2.75) is 0 Å². The van der Waals surface area contributed by atoms with Gasteiger partial charge in [0.2, 0.25) is 0 Å². The lowest BCUT2D eigenvalue weighted by Gasteiger charge is -2.21. The normalized spacial score (nSPS) is 11.7. The van der Waals surface area contributed by atoms with Gasteiger partial charge in [-0.25, -0.2) is 4.98 Å². The fourth-order valence-electron chi connectivity index (χ4n) is 9.68. The van der Waals surface area contributed by atoms with Crippen LogP contribution in [0.1, 0.15) is 0 Å². The Morgan fingerprint density at radius 3 is 1.37 bits per heavy atom. The van der Waals surface area contributed by atoms with Crippen molar-refractivity contribution < 1.29 is 0 Å². The Morgan fingerprint density at radius 2 is 0.733 bits per heavy atom. The molecular weight excluding hydrogens is 723 g/mol. The van der Waals surface area contributed by atoms with Gasteiger partial charge in [-0.15, -0.1) is 0 Å². The van der Waals surface area contributed by atoms with Crippen molar-refractivity contribution >= 4 is 64.8 Å². The van der Waals surface area contributed by atoms with Gasteiger partial charge in [0.15, 0.2) is 0 Å². The Balaban J connectivity index is 1.20. The molecule has 1 nitrogen and oxygen atoms in total. The van der Waals surface area contributed by atoms with Crippen LogP contribution in [0.25, 0.3) is 121 Å². The van der Waals surface area contributed by atoms with E-state index < -0.39 is 0 Å². The van der Waals surface area contributed by atoms with Crippen molar-refractivity contribution in [3.05, 3.63) is 224 Å². The molecule has 278 valence electrons. The van der Waals surface area contributed by atoms with Crippen molar-refractivity contribution in [2.75, 3.05) is 0 Å². The second kappa shape index (κ2) is 13.9. The molecule has 1 heteroatoms. The second-order valence-electron chi connectivity index (χ2n) is 15.8. The van der Waals surface area contributed by atoms with Gasteiger partial charge in [0, 0.05) is 21.7 Å². The van der Waals surface area contributed by atoms with Crippen molar-refractivity contribution in [3.63, 3.8) is 0 Å². The minimum absolute atomic E-state index is 0.998. The van der Waals surface area contributed by atoms with Crippen LogP contribution in [0.15, 0.2) is 224 Å². The standard InChI is InChI=1S/C59H37N/c1-3-17-38(18-4-1)43-34-44(39-19-5-2-6-20-39)36-45(35-43)56-48-25-11-13-27-50(48)57(51-28-14-12-26-49(51)56)53-37-54-58(47-24-10-9-23-46(47)53)52-29-15-16-30-55(52)60-59(54)42-32-31-40-21-7-8-22-41(40)33-42/h1-37H. The number of hydrogen-bond acceptors (Lipinski definition) is 1. The van der Waals surface area contributed by atoms with E-state index in [-0.39, 0.29) is 0 Å². The summed E-state index contributed by atoms with van der Waals surface area (Å²) in [4.78, 5) is 5.47. The zero-order valence-corrected chi connectivity index (χ0v) is 32.8. The van der Waals surface area contributed by atoms with Crippen LogP contribution in [-0.4, -0.2) is 4.98 Å². The highest BCUT2D eigenvalue weighted by atomic mass is 14.7. The number of rotatable bonds is 5. The molecule has 0 spiro atoms. The van der Waals surface area contributed by atoms with E-state index in [2.05, 4.69) is 224 Å². The molecule has 0 atom stereocenters. The Morgan fingerprint density at radius 1 is 0.250 bits per heavy atom. The van der Waals surface area contributed by atoms with Crippen LogP contribution in [0.5, 0.6) is 0 Å². The Labute approximate surface area is 348 Å². The number of aromatic nitrogens is 1. The molecule has 0 aliphatic rings. The minimum atomic E-state index is 0.998. The average molecular weight is 760 g/mol. The molecule has 11 aromatic carbocycles. The third-order valence-electron chi connectivity index (χ3n) is 12.4. The summed E-state index contributed by atoms with van der Waals surface area (Å²) >= 11 is 0. The van der Waals surface area contributed by atoms with Gasteiger partial charge in [-0.3, -0.25) is 0 Å². The molecule has 12 aromatic rings. The summed E-state index contributed by atoms with van der Waals surface area (Å²) in [5.74, 6) is 0. The predicted molar refractivity (Wildman–Crippen MR) is 256 cm³/mol. The first-order valence-corrected chi connectivity index (χ1v) is 20.7. The Hall–Kier alpha value is -7.87. The first kappa shape index (κ1) is 34.2. The molecule has 12 rings (SSSR count). The van der Waals surface area contributed by atoms with E-state index >= 15 is 0 Å². The molecule has 0 amide bonds. The zero-order chi connectivity index (χ0) is 39.6. The summed E-state index contributed by atoms with van der Waals surface area (Å²) in [6.45, 7) is 0. The lowest BCUT2D eigenvalue weighted by molar-refractivity contribution is 1.43. The van der Waals surface area contributed by atoms with Crippen LogP contribution in [0.2, 0.25) is 0 Å². The van der Waals surface area contributed by atoms with Crippen LogP contribution < -0.4 is 0 Å². The lowest BCUT2D eigenvalue weighted by Crippen LogP contribution is -1.95. The largest absolute Gasteiger partial charge is 0.247 e. The third-order valence-corrected chi connectivity index (χ3v) is 12.4. The van der Waals surface area contributed by atoms with Gasteiger partial charge in [0.25, 0.3) is 0 Å². The number of fused-ring (bicyclic) bond motifs is 8. The fraction of sp³-hybridized carbons (Fsp3) is 0. The monoisotopic (exact) mass is 759 g/mol. The van der Waals surface area contributed by atoms with Crippen molar-refractivity contribution in [1.29, 1.82) is 0 Å². The fourth-order valence-corrected chi connectivity index (χ4v) is 9.68. The van der Waals surface area contributed by atoms with Crippen molar-refractivity contribution in [2.24, 2.45) is 0 Å². The molecule has 0 fully saturated rings. The van der Waals surface area contributed by atoms with E-state index in [4.69, 9.17) is 4.98 Å². The van der Waals surface area contributed by atoms with E-state index in [0.717, 1.165) is 27.5 Å². The molecule has 0 N–H and O–H groups in total. The summed E-state index contributed by atoms with van der Waals surface area (Å²) < 4.78 is 0. The maximum atomic E-state index is 5.47. The number of benzene rings is 11. The molecule has 0 unspecified atom stereocenters. The molecule has 0 saturated heterocycles. The second-order valence-corrected chi connectivity index (χ2v) is 15.8. The van der Waals surface area contributed by atoms with Gasteiger partial charge in [-0.2, -0.15) is 0 Å². The molecule has 0 radical (unpaired) electrons. The number of pyridine rings is 1. The van der Waals surface area contributed by atoms with Crippen LogP contribution >= 0.6 is 0 Å². The highest BCUT2D eigenvalue weighted by Crippen LogP contribution is 2.49. The van der Waals surface area contributed by atoms with Gasteiger partial charge in [-0.05, 0) is 124 Å². The van der Waals surface area contributed by atoms with Gasteiger partial charge >= 0.3 is 0 Å². The third kappa shape index (κ3) is 5.51. The average Bonchev–Trinajstić information content (AvgIpc) is 3.33. The molecule has 0 aliphatic heterocycles. The molecule has 60 heavy (non-hydrogen) atoms. The lowest BCUT2D eigenvalue weighted by atomic mass is 9.82. The van der Waals surface area contributed by atoms with Gasteiger partial charge < -0.3 is 0 Å². The molecule has 1 aromatic heterocycles. The predicted octanol–water partition coefficient (Wildman–Crippen LogP) is 16.3. The Bertz CT molecular complexity index is 3530. The van der Waals surface area contributed by atoms with E-state index in [1.54, 1.807) is 0 Å². The highest BCUT2D eigenvalue weighted by Gasteiger charge is 2.22. The smallest absolute Gasteiger partial charge is 0.0788 e. The van der Waals surface area contributed by atoms with Gasteiger partial charge in [-0.1, -0.05) is 188 Å². The van der Waals surface area contributed by atoms with Crippen molar-refractivity contribution in [1.82, 2.24) is 4.98 Å². The molecule has 1 heterocycles. The zero-order valence-electron chi connectivity index (χ0n) is 32.8. The topological polar surface area (TPSA) is 12.9 Å². The van der Waals surface area contributed by atoms with E-state index in [1.807, 2.05) is 0 Å². The first-order chi connectivity index (χ1) is 29.8. The first-order valence-electron chi connectivity index (χ1n) is 20.7. The van der Waals surface area contributed by atoms with Crippen LogP contribution in [-0.2, 0) is 0 Å². The summed E-state index contributed by atoms with van der Waals surface area (Å²) in [5.41, 5.74) is 12.8. The Kier molecular flexibility index (Phi) is 7.92. The van der Waals surface area contributed by atoms with Crippen LogP contribution in [0.3, 0.4) is 0 Å². The molecular formula is C59H37N. The van der Waals surface area contributed by atoms with E-state index in [1.165, 1.54) is 93.0 Å². The highest BCUT2D eigenvalue weighted by molar-refractivity contribution is 6.29. The number of para-hydroxylation sites is 1. The van der Waals surface area contributed by atoms with Crippen molar-refractivity contribution in [3.8, 4) is 55.8 Å². The summed E-state index contributed by atoms with van der Waals surface area (Å²) in [7, 11) is 0. The molecule has 0 bridgehead atoms. The van der Waals surface area contributed by atoms with Crippen LogP contribution in [0.4, 0.5) is 0 Å². The quantitative estimate of drug-likeness (QED) is 0.126. The summed E-state index contributed by atoms with van der Waals surface area (Å²) in [6.07, 6.45) is 0. The van der Waals surface area contributed by atoms with Crippen LogP contribution in [0, 0.1) is 0 Å². The maximum Gasteiger partial charge on any atom is 0.0788 e. The summed E-state index contributed by atoms with van der Waals surface area (Å²) in [5, 5.41) is 13.3. The summed E-state index contributed by atoms with van der Waals surface area (Å²) in [6, 6.07) is 82.1. The van der Waals surface area contributed by atoms with Gasteiger partial charge in [0.1, 0.15) is 0 Å².